The van der Waals surface area contributed by atoms with E-state index in [0.717, 1.165) is 50.1 Å². The first kappa shape index (κ1) is 26.2. The summed E-state index contributed by atoms with van der Waals surface area (Å²) in [6.07, 6.45) is 3.64. The van der Waals surface area contributed by atoms with Crippen LogP contribution in [0.4, 0.5) is 17.1 Å². The first-order valence-electron chi connectivity index (χ1n) is 15.5. The highest BCUT2D eigenvalue weighted by Gasteiger charge is 2.15. The molecule has 0 fully saturated rings. The zero-order valence-corrected chi connectivity index (χ0v) is 25.0. The third-order valence-electron chi connectivity index (χ3n) is 8.95. The summed E-state index contributed by atoms with van der Waals surface area (Å²) in [5.41, 5.74) is 9.78. The molecule has 46 heavy (non-hydrogen) atoms. The van der Waals surface area contributed by atoms with Crippen LogP contribution in [0.2, 0.25) is 0 Å². The van der Waals surface area contributed by atoms with Crippen molar-refractivity contribution < 1.29 is 4.42 Å². The minimum absolute atomic E-state index is 0.857. The Morgan fingerprint density at radius 3 is 1.80 bits per heavy atom. The summed E-state index contributed by atoms with van der Waals surface area (Å²) in [6.45, 7) is 0. The van der Waals surface area contributed by atoms with Crippen molar-refractivity contribution in [1.82, 2.24) is 4.98 Å². The van der Waals surface area contributed by atoms with Gasteiger partial charge >= 0.3 is 0 Å². The van der Waals surface area contributed by atoms with Crippen molar-refractivity contribution in [1.29, 1.82) is 0 Å². The minimum atomic E-state index is 0.857. The number of nitrogens with zero attached hydrogens (tertiary/aromatic N) is 2. The van der Waals surface area contributed by atoms with Crippen LogP contribution in [-0.2, 0) is 0 Å². The zero-order chi connectivity index (χ0) is 30.5. The Bertz CT molecular complexity index is 2510. The van der Waals surface area contributed by atoms with Gasteiger partial charge in [0.05, 0.1) is 0 Å². The molecule has 0 unspecified atom stereocenters. The van der Waals surface area contributed by atoms with Gasteiger partial charge in [-0.3, -0.25) is 4.98 Å². The van der Waals surface area contributed by atoms with E-state index >= 15 is 0 Å². The molecule has 0 amide bonds. The van der Waals surface area contributed by atoms with E-state index in [1.54, 1.807) is 6.20 Å². The van der Waals surface area contributed by atoms with Gasteiger partial charge in [-0.1, -0.05) is 97.1 Å². The molecule has 9 aromatic rings. The predicted molar refractivity (Wildman–Crippen MR) is 192 cm³/mol. The Kier molecular flexibility index (Phi) is 6.14. The van der Waals surface area contributed by atoms with Gasteiger partial charge in [0.15, 0.2) is 0 Å². The van der Waals surface area contributed by atoms with Crippen LogP contribution in [-0.4, -0.2) is 4.98 Å². The molecule has 0 saturated heterocycles. The average molecular weight is 589 g/mol. The van der Waals surface area contributed by atoms with Crippen molar-refractivity contribution >= 4 is 60.5 Å². The maximum absolute atomic E-state index is 6.02. The van der Waals surface area contributed by atoms with E-state index in [4.69, 9.17) is 4.42 Å². The van der Waals surface area contributed by atoms with E-state index in [2.05, 4.69) is 162 Å². The van der Waals surface area contributed by atoms with E-state index in [1.807, 2.05) is 12.3 Å². The summed E-state index contributed by atoms with van der Waals surface area (Å²) < 4.78 is 6.02. The molecule has 0 aliphatic heterocycles. The van der Waals surface area contributed by atoms with Crippen LogP contribution in [0, 0.1) is 0 Å². The molecule has 2 aromatic heterocycles. The van der Waals surface area contributed by atoms with Gasteiger partial charge in [0.1, 0.15) is 11.2 Å². The summed E-state index contributed by atoms with van der Waals surface area (Å²) in [5.74, 6) is 0. The van der Waals surface area contributed by atoms with E-state index in [1.165, 1.54) is 32.7 Å². The van der Waals surface area contributed by atoms with E-state index < -0.39 is 0 Å². The second kappa shape index (κ2) is 10.8. The quantitative estimate of drug-likeness (QED) is 0.187. The van der Waals surface area contributed by atoms with Crippen LogP contribution in [0.1, 0.15) is 0 Å². The van der Waals surface area contributed by atoms with Gasteiger partial charge in [0.25, 0.3) is 0 Å². The van der Waals surface area contributed by atoms with Gasteiger partial charge < -0.3 is 9.32 Å². The Morgan fingerprint density at radius 2 is 1.02 bits per heavy atom. The first-order valence-corrected chi connectivity index (χ1v) is 15.5. The minimum Gasteiger partial charge on any atom is -0.456 e. The van der Waals surface area contributed by atoms with Crippen molar-refractivity contribution in [2.75, 3.05) is 4.90 Å². The van der Waals surface area contributed by atoms with Gasteiger partial charge in [-0.15, -0.1) is 0 Å². The number of furan rings is 1. The Morgan fingerprint density at radius 1 is 0.413 bits per heavy atom. The number of fused-ring (bicyclic) bond motifs is 6. The number of pyridine rings is 1. The highest BCUT2D eigenvalue weighted by Crippen LogP contribution is 2.39. The van der Waals surface area contributed by atoms with Crippen LogP contribution >= 0.6 is 0 Å². The lowest BCUT2D eigenvalue weighted by molar-refractivity contribution is 0.668. The lowest BCUT2D eigenvalue weighted by Crippen LogP contribution is -2.09. The monoisotopic (exact) mass is 588 g/mol. The standard InChI is InChI=1S/C43H28N2O/c1-2-9-33(10-3-1)45(34-19-14-29(15-20-34)31-18-23-42-40(26-31)41-28-44-25-24-43(41)46-42)35-21-16-30(17-22-35)39-27-32-8-4-5-11-36(32)37-12-6-7-13-38(37)39/h1-28H. The number of anilines is 3. The van der Waals surface area contributed by atoms with Crippen molar-refractivity contribution in [2.45, 2.75) is 0 Å². The second-order valence-corrected chi connectivity index (χ2v) is 11.6. The molecule has 0 aliphatic rings. The number of rotatable bonds is 5. The molecule has 0 aliphatic carbocycles. The summed E-state index contributed by atoms with van der Waals surface area (Å²) >= 11 is 0. The first-order chi connectivity index (χ1) is 22.8. The zero-order valence-electron chi connectivity index (χ0n) is 25.0. The molecule has 0 radical (unpaired) electrons. The van der Waals surface area contributed by atoms with E-state index in [-0.39, 0.29) is 0 Å². The molecular formula is C43H28N2O. The summed E-state index contributed by atoms with van der Waals surface area (Å²) in [5, 5.41) is 7.20. The molecule has 3 heteroatoms. The topological polar surface area (TPSA) is 29.3 Å². The number of para-hydroxylation sites is 1. The third kappa shape index (κ3) is 4.41. The molecular weight excluding hydrogens is 560 g/mol. The Hall–Kier alpha value is -6.19. The highest BCUT2D eigenvalue weighted by atomic mass is 16.3. The van der Waals surface area contributed by atoms with Crippen molar-refractivity contribution in [3.05, 3.63) is 170 Å². The van der Waals surface area contributed by atoms with E-state index in [9.17, 15) is 0 Å². The normalized spacial score (nSPS) is 11.5. The fourth-order valence-electron chi connectivity index (χ4n) is 6.71. The van der Waals surface area contributed by atoms with Crippen LogP contribution < -0.4 is 4.90 Å². The predicted octanol–water partition coefficient (Wildman–Crippen LogP) is 12.1. The molecule has 0 spiro atoms. The molecule has 7 aromatic carbocycles. The van der Waals surface area contributed by atoms with Crippen molar-refractivity contribution in [3.8, 4) is 22.3 Å². The number of hydrogen-bond donors (Lipinski definition) is 0. The molecule has 216 valence electrons. The van der Waals surface area contributed by atoms with Crippen LogP contribution in [0.25, 0.3) is 65.7 Å². The van der Waals surface area contributed by atoms with Crippen LogP contribution in [0.5, 0.6) is 0 Å². The Balaban J connectivity index is 1.10. The Labute approximate surface area is 266 Å². The average Bonchev–Trinajstić information content (AvgIpc) is 3.51. The summed E-state index contributed by atoms with van der Waals surface area (Å²) in [7, 11) is 0. The van der Waals surface area contributed by atoms with Crippen molar-refractivity contribution in [2.24, 2.45) is 0 Å². The molecule has 3 nitrogen and oxygen atoms in total. The van der Waals surface area contributed by atoms with Crippen LogP contribution in [0.15, 0.2) is 175 Å². The summed E-state index contributed by atoms with van der Waals surface area (Å²) in [4.78, 5) is 6.62. The maximum Gasteiger partial charge on any atom is 0.138 e. The number of aromatic nitrogens is 1. The van der Waals surface area contributed by atoms with Crippen molar-refractivity contribution in [3.63, 3.8) is 0 Å². The van der Waals surface area contributed by atoms with E-state index in [0.29, 0.717) is 0 Å². The smallest absolute Gasteiger partial charge is 0.138 e. The fourth-order valence-corrected chi connectivity index (χ4v) is 6.71. The molecule has 0 bridgehead atoms. The lowest BCUT2D eigenvalue weighted by Gasteiger charge is -2.26. The highest BCUT2D eigenvalue weighted by molar-refractivity contribution is 6.13. The second-order valence-electron chi connectivity index (χ2n) is 11.6. The molecule has 9 rings (SSSR count). The van der Waals surface area contributed by atoms with Gasteiger partial charge in [-0.05, 0) is 104 Å². The fraction of sp³-hybridized carbons (Fsp3) is 0. The largest absolute Gasteiger partial charge is 0.456 e. The SMILES string of the molecule is c1ccc(N(c2ccc(-c3ccc4oc5ccncc5c4c3)cc2)c2ccc(-c3cc4ccccc4c4ccccc34)cc2)cc1. The third-order valence-corrected chi connectivity index (χ3v) is 8.95. The van der Waals surface area contributed by atoms with Gasteiger partial charge in [0.2, 0.25) is 0 Å². The van der Waals surface area contributed by atoms with Gasteiger partial charge in [-0.25, -0.2) is 0 Å². The lowest BCUT2D eigenvalue weighted by atomic mass is 9.93. The number of benzene rings is 7. The molecule has 0 N–H and O–H groups in total. The molecule has 0 saturated carbocycles. The number of hydrogen-bond acceptors (Lipinski definition) is 3. The molecule has 0 atom stereocenters. The van der Waals surface area contributed by atoms with Crippen LogP contribution in [0.3, 0.4) is 0 Å². The maximum atomic E-state index is 6.02. The molecule has 2 heterocycles. The van der Waals surface area contributed by atoms with Gasteiger partial charge in [-0.2, -0.15) is 0 Å². The summed E-state index contributed by atoms with van der Waals surface area (Å²) in [6, 6.07) is 56.2. The van der Waals surface area contributed by atoms with Gasteiger partial charge in [0, 0.05) is 40.2 Å².